The maximum absolute atomic E-state index is 12.2. The number of hydrogen-bond donors (Lipinski definition) is 1. The van der Waals surface area contributed by atoms with E-state index in [0.29, 0.717) is 13.1 Å². The number of carbonyl (C=O) groups excluding carboxylic acids is 1. The second kappa shape index (κ2) is 6.93. The van der Waals surface area contributed by atoms with Crippen molar-refractivity contribution in [3.8, 4) is 11.1 Å². The summed E-state index contributed by atoms with van der Waals surface area (Å²) >= 11 is 0. The Bertz CT molecular complexity index is 604. The van der Waals surface area contributed by atoms with E-state index in [1.54, 1.807) is 4.90 Å². The number of anilines is 1. The molecule has 1 N–H and O–H groups in total. The molecular weight excluding hydrogens is 260 g/mol. The zero-order chi connectivity index (χ0) is 15.2. The molecule has 0 bridgehead atoms. The number of benzene rings is 2. The summed E-state index contributed by atoms with van der Waals surface area (Å²) in [4.78, 5) is 14.0. The minimum atomic E-state index is -0.0479. The Labute approximate surface area is 126 Å². The van der Waals surface area contributed by atoms with Crippen molar-refractivity contribution in [2.24, 2.45) is 0 Å². The molecule has 110 valence electrons. The van der Waals surface area contributed by atoms with Gasteiger partial charge >= 0.3 is 6.03 Å². The molecule has 3 nitrogen and oxygen atoms in total. The summed E-state index contributed by atoms with van der Waals surface area (Å²) in [6.45, 7) is 7.39. The molecule has 2 amide bonds. The van der Waals surface area contributed by atoms with E-state index in [1.165, 1.54) is 0 Å². The fourth-order valence-electron chi connectivity index (χ4n) is 2.27. The second-order valence-corrected chi connectivity index (χ2v) is 5.00. The summed E-state index contributed by atoms with van der Waals surface area (Å²) in [5.41, 5.74) is 4.19. The molecule has 21 heavy (non-hydrogen) atoms. The van der Waals surface area contributed by atoms with Gasteiger partial charge in [0.05, 0.1) is 0 Å². The molecule has 2 aromatic rings. The van der Waals surface area contributed by atoms with Gasteiger partial charge in [0.1, 0.15) is 0 Å². The van der Waals surface area contributed by atoms with Crippen LogP contribution in [0.4, 0.5) is 10.5 Å². The van der Waals surface area contributed by atoms with Crippen LogP contribution in [0.15, 0.2) is 48.5 Å². The number of urea groups is 1. The zero-order valence-electron chi connectivity index (χ0n) is 12.9. The number of hydrogen-bond acceptors (Lipinski definition) is 1. The van der Waals surface area contributed by atoms with Crippen LogP contribution in [0.1, 0.15) is 19.4 Å². The highest BCUT2D eigenvalue weighted by molar-refractivity contribution is 5.91. The van der Waals surface area contributed by atoms with Crippen LogP contribution in [-0.2, 0) is 0 Å². The summed E-state index contributed by atoms with van der Waals surface area (Å²) in [7, 11) is 0. The van der Waals surface area contributed by atoms with Crippen LogP contribution < -0.4 is 5.32 Å². The summed E-state index contributed by atoms with van der Waals surface area (Å²) < 4.78 is 0. The van der Waals surface area contributed by atoms with Gasteiger partial charge in [0.15, 0.2) is 0 Å². The lowest BCUT2D eigenvalue weighted by Gasteiger charge is -2.20. The van der Waals surface area contributed by atoms with Crippen molar-refractivity contribution in [3.63, 3.8) is 0 Å². The van der Waals surface area contributed by atoms with E-state index < -0.39 is 0 Å². The molecule has 0 aliphatic heterocycles. The maximum Gasteiger partial charge on any atom is 0.321 e. The number of aryl methyl sites for hydroxylation is 1. The molecule has 0 spiro atoms. The largest absolute Gasteiger partial charge is 0.325 e. The van der Waals surface area contributed by atoms with Crippen LogP contribution in [0.2, 0.25) is 0 Å². The molecule has 0 heterocycles. The minimum absolute atomic E-state index is 0.0479. The molecule has 0 saturated carbocycles. The summed E-state index contributed by atoms with van der Waals surface area (Å²) in [5, 5.41) is 3.01. The smallest absolute Gasteiger partial charge is 0.321 e. The van der Waals surface area contributed by atoms with Crippen LogP contribution >= 0.6 is 0 Å². The highest BCUT2D eigenvalue weighted by atomic mass is 16.2. The molecule has 0 unspecified atom stereocenters. The first-order chi connectivity index (χ1) is 10.2. The minimum Gasteiger partial charge on any atom is -0.325 e. The molecule has 3 heteroatoms. The van der Waals surface area contributed by atoms with E-state index in [4.69, 9.17) is 0 Å². The third kappa shape index (κ3) is 3.63. The SMILES string of the molecule is CCN(CC)C(=O)Nc1cc(-c2ccccc2)ccc1C. The lowest BCUT2D eigenvalue weighted by molar-refractivity contribution is 0.217. The van der Waals surface area contributed by atoms with E-state index in [-0.39, 0.29) is 6.03 Å². The Morgan fingerprint density at radius 2 is 1.67 bits per heavy atom. The summed E-state index contributed by atoms with van der Waals surface area (Å²) in [5.74, 6) is 0. The van der Waals surface area contributed by atoms with Crippen LogP contribution in [-0.4, -0.2) is 24.0 Å². The highest BCUT2D eigenvalue weighted by Crippen LogP contribution is 2.25. The van der Waals surface area contributed by atoms with Crippen molar-refractivity contribution >= 4 is 11.7 Å². The van der Waals surface area contributed by atoms with Crippen LogP contribution in [0.5, 0.6) is 0 Å². The van der Waals surface area contributed by atoms with E-state index in [0.717, 1.165) is 22.4 Å². The first kappa shape index (κ1) is 15.1. The van der Waals surface area contributed by atoms with Gasteiger partial charge < -0.3 is 10.2 Å². The third-order valence-electron chi connectivity index (χ3n) is 3.64. The molecule has 2 aromatic carbocycles. The van der Waals surface area contributed by atoms with Crippen molar-refractivity contribution < 1.29 is 4.79 Å². The lowest BCUT2D eigenvalue weighted by atomic mass is 10.0. The predicted molar refractivity (Wildman–Crippen MR) is 88.6 cm³/mol. The van der Waals surface area contributed by atoms with E-state index in [9.17, 15) is 4.79 Å². The highest BCUT2D eigenvalue weighted by Gasteiger charge is 2.11. The van der Waals surface area contributed by atoms with Crippen molar-refractivity contribution in [1.82, 2.24) is 4.90 Å². The number of nitrogens with zero attached hydrogens (tertiary/aromatic N) is 1. The van der Waals surface area contributed by atoms with Crippen molar-refractivity contribution in [3.05, 3.63) is 54.1 Å². The third-order valence-corrected chi connectivity index (χ3v) is 3.64. The van der Waals surface area contributed by atoms with Gasteiger partial charge in [-0.1, -0.05) is 42.5 Å². The van der Waals surface area contributed by atoms with Crippen LogP contribution in [0.3, 0.4) is 0 Å². The number of nitrogens with one attached hydrogen (secondary N) is 1. The van der Waals surface area contributed by atoms with Gasteiger partial charge in [-0.05, 0) is 43.5 Å². The molecule has 0 fully saturated rings. The van der Waals surface area contributed by atoms with Gasteiger partial charge in [0.2, 0.25) is 0 Å². The predicted octanol–water partition coefficient (Wildman–Crippen LogP) is 4.54. The van der Waals surface area contributed by atoms with Crippen molar-refractivity contribution in [2.75, 3.05) is 18.4 Å². The van der Waals surface area contributed by atoms with Gasteiger partial charge in [-0.25, -0.2) is 4.79 Å². The van der Waals surface area contributed by atoms with Gasteiger partial charge in [-0.15, -0.1) is 0 Å². The molecule has 0 radical (unpaired) electrons. The Hall–Kier alpha value is -2.29. The van der Waals surface area contributed by atoms with E-state index in [2.05, 4.69) is 23.5 Å². The van der Waals surface area contributed by atoms with Crippen molar-refractivity contribution in [2.45, 2.75) is 20.8 Å². The Morgan fingerprint density at radius 1 is 1.00 bits per heavy atom. The number of amides is 2. The first-order valence-electron chi connectivity index (χ1n) is 7.37. The average molecular weight is 282 g/mol. The van der Waals surface area contributed by atoms with Gasteiger partial charge in [-0.3, -0.25) is 0 Å². The molecule has 2 rings (SSSR count). The Morgan fingerprint density at radius 3 is 2.29 bits per heavy atom. The first-order valence-corrected chi connectivity index (χ1v) is 7.37. The normalized spacial score (nSPS) is 10.2. The summed E-state index contributed by atoms with van der Waals surface area (Å²) in [6, 6.07) is 16.3. The topological polar surface area (TPSA) is 32.3 Å². The van der Waals surface area contributed by atoms with E-state index >= 15 is 0 Å². The lowest BCUT2D eigenvalue weighted by Crippen LogP contribution is -2.34. The second-order valence-electron chi connectivity index (χ2n) is 5.00. The molecule has 0 aromatic heterocycles. The molecule has 0 atom stereocenters. The van der Waals surface area contributed by atoms with Crippen LogP contribution in [0.25, 0.3) is 11.1 Å². The molecule has 0 saturated heterocycles. The van der Waals surface area contributed by atoms with Gasteiger partial charge in [0.25, 0.3) is 0 Å². The maximum atomic E-state index is 12.2. The fraction of sp³-hybridized carbons (Fsp3) is 0.278. The Balaban J connectivity index is 2.26. The molecular formula is C18H22N2O. The molecule has 0 aliphatic carbocycles. The van der Waals surface area contributed by atoms with Gasteiger partial charge in [-0.2, -0.15) is 0 Å². The fourth-order valence-corrected chi connectivity index (χ4v) is 2.27. The van der Waals surface area contributed by atoms with Crippen LogP contribution in [0, 0.1) is 6.92 Å². The summed E-state index contributed by atoms with van der Waals surface area (Å²) in [6.07, 6.45) is 0. The standard InChI is InChI=1S/C18H22N2O/c1-4-20(5-2)18(21)19-17-13-16(12-11-14(17)3)15-9-7-6-8-10-15/h6-13H,4-5H2,1-3H3,(H,19,21). The monoisotopic (exact) mass is 282 g/mol. The zero-order valence-corrected chi connectivity index (χ0v) is 12.9. The average Bonchev–Trinajstić information content (AvgIpc) is 2.51. The number of carbonyl (C=O) groups is 1. The quantitative estimate of drug-likeness (QED) is 0.877. The molecule has 0 aliphatic rings. The number of rotatable bonds is 4. The van der Waals surface area contributed by atoms with Crippen molar-refractivity contribution in [1.29, 1.82) is 0 Å². The Kier molecular flexibility index (Phi) is 4.99. The van der Waals surface area contributed by atoms with E-state index in [1.807, 2.05) is 51.1 Å². The van der Waals surface area contributed by atoms with Gasteiger partial charge in [0, 0.05) is 18.8 Å².